The van der Waals surface area contributed by atoms with Crippen molar-refractivity contribution in [1.29, 1.82) is 0 Å². The maximum Gasteiger partial charge on any atom is 0.305 e. The van der Waals surface area contributed by atoms with E-state index in [9.17, 15) is 19.8 Å². The monoisotopic (exact) mass is 860 g/mol. The van der Waals surface area contributed by atoms with Crippen LogP contribution < -0.4 is 5.32 Å². The third-order valence-electron chi connectivity index (χ3n) is 12.5. The van der Waals surface area contributed by atoms with Gasteiger partial charge in [-0.25, -0.2) is 0 Å². The fourth-order valence-corrected chi connectivity index (χ4v) is 8.26. The molecule has 2 atom stereocenters. The van der Waals surface area contributed by atoms with Crippen LogP contribution in [0.25, 0.3) is 0 Å². The van der Waals surface area contributed by atoms with Gasteiger partial charge in [0.15, 0.2) is 0 Å². The fraction of sp³-hybridized carbons (Fsp3) is 0.891. The zero-order valence-corrected chi connectivity index (χ0v) is 40.9. The van der Waals surface area contributed by atoms with Crippen LogP contribution >= 0.6 is 0 Å². The molecule has 0 saturated carbocycles. The van der Waals surface area contributed by atoms with E-state index in [0.29, 0.717) is 19.4 Å². The van der Waals surface area contributed by atoms with Gasteiger partial charge in [0.2, 0.25) is 5.91 Å². The molecule has 0 bridgehead atoms. The standard InChI is InChI=1S/C55H105NO5/c1-3-5-7-9-11-13-15-16-17-18-19-20-21-24-28-31-35-39-43-47-53(58)52(51-57)56-54(59)48-44-40-36-32-29-25-22-23-26-30-34-38-42-46-50-61-55(60)49-45-41-37-33-27-14-12-10-8-6-4-2/h10,12,43,47,52-53,57-58H,3-9,11,13-42,44-46,48-51H2,1-2H3,(H,56,59)/b12-10-,47-43+. The van der Waals surface area contributed by atoms with Crippen LogP contribution in [0.3, 0.4) is 0 Å². The van der Waals surface area contributed by atoms with Gasteiger partial charge in [0.1, 0.15) is 0 Å². The number of hydrogen-bond donors (Lipinski definition) is 3. The van der Waals surface area contributed by atoms with Crippen LogP contribution in [0, 0.1) is 0 Å². The lowest BCUT2D eigenvalue weighted by Gasteiger charge is -2.20. The van der Waals surface area contributed by atoms with Crippen LogP contribution in [0.2, 0.25) is 0 Å². The number of rotatable bonds is 50. The van der Waals surface area contributed by atoms with Crippen LogP contribution in [0.5, 0.6) is 0 Å². The van der Waals surface area contributed by atoms with Gasteiger partial charge in [0.05, 0.1) is 25.4 Å². The average molecular weight is 860 g/mol. The largest absolute Gasteiger partial charge is 0.466 e. The number of ether oxygens (including phenoxy) is 1. The summed E-state index contributed by atoms with van der Waals surface area (Å²) < 4.78 is 5.44. The number of amides is 1. The average Bonchev–Trinajstić information content (AvgIpc) is 3.26. The van der Waals surface area contributed by atoms with E-state index in [4.69, 9.17) is 4.74 Å². The number of hydrogen-bond acceptors (Lipinski definition) is 5. The normalized spacial score (nSPS) is 12.8. The fourth-order valence-electron chi connectivity index (χ4n) is 8.26. The molecule has 0 aliphatic carbocycles. The van der Waals surface area contributed by atoms with Crippen LogP contribution in [0.15, 0.2) is 24.3 Å². The van der Waals surface area contributed by atoms with Gasteiger partial charge in [-0.05, 0) is 51.4 Å². The number of esters is 1. The van der Waals surface area contributed by atoms with Crippen molar-refractivity contribution in [3.8, 4) is 0 Å². The molecule has 0 fully saturated rings. The van der Waals surface area contributed by atoms with Crippen molar-refractivity contribution in [3.05, 3.63) is 24.3 Å². The Bertz CT molecular complexity index is 951. The first-order valence-electron chi connectivity index (χ1n) is 27.1. The molecule has 0 rings (SSSR count). The third kappa shape index (κ3) is 47.7. The molecule has 61 heavy (non-hydrogen) atoms. The van der Waals surface area contributed by atoms with Gasteiger partial charge >= 0.3 is 5.97 Å². The molecule has 0 aromatic carbocycles. The summed E-state index contributed by atoms with van der Waals surface area (Å²) in [5.41, 5.74) is 0. The molecule has 0 aliphatic rings. The lowest BCUT2D eigenvalue weighted by molar-refractivity contribution is -0.143. The van der Waals surface area contributed by atoms with Gasteiger partial charge in [-0.15, -0.1) is 0 Å². The predicted octanol–water partition coefficient (Wildman–Crippen LogP) is 16.3. The van der Waals surface area contributed by atoms with Gasteiger partial charge in [-0.3, -0.25) is 9.59 Å². The summed E-state index contributed by atoms with van der Waals surface area (Å²) in [7, 11) is 0. The van der Waals surface area contributed by atoms with E-state index in [0.717, 1.165) is 57.8 Å². The second-order valence-electron chi connectivity index (χ2n) is 18.6. The lowest BCUT2D eigenvalue weighted by atomic mass is 10.0. The molecule has 6 nitrogen and oxygen atoms in total. The van der Waals surface area contributed by atoms with E-state index >= 15 is 0 Å². The zero-order valence-electron chi connectivity index (χ0n) is 40.9. The molecular formula is C55H105NO5. The number of carbonyl (C=O) groups is 2. The minimum Gasteiger partial charge on any atom is -0.466 e. The molecule has 1 amide bonds. The topological polar surface area (TPSA) is 95.9 Å². The Kier molecular flexibility index (Phi) is 49.6. The molecule has 0 aromatic heterocycles. The van der Waals surface area contributed by atoms with Gasteiger partial charge in [-0.1, -0.05) is 250 Å². The lowest BCUT2D eigenvalue weighted by Crippen LogP contribution is -2.45. The Morgan fingerprint density at radius 3 is 1.21 bits per heavy atom. The smallest absolute Gasteiger partial charge is 0.305 e. The molecule has 0 saturated heterocycles. The van der Waals surface area contributed by atoms with Crippen molar-refractivity contribution in [1.82, 2.24) is 5.32 Å². The van der Waals surface area contributed by atoms with Crippen LogP contribution in [0.1, 0.15) is 290 Å². The maximum absolute atomic E-state index is 12.5. The highest BCUT2D eigenvalue weighted by Gasteiger charge is 2.18. The SMILES string of the molecule is CCCC/C=C\CCCCCCCC(=O)OCCCCCCCCCCCCCCCCC(=O)NC(CO)C(O)/C=C/CCCCCCCCCCCCCCCCCCC. The Labute approximate surface area is 380 Å². The number of unbranched alkanes of at least 4 members (excludes halogenated alkanes) is 37. The maximum atomic E-state index is 12.5. The highest BCUT2D eigenvalue weighted by Crippen LogP contribution is 2.16. The Hall–Kier alpha value is -1.66. The molecule has 360 valence electrons. The summed E-state index contributed by atoms with van der Waals surface area (Å²) in [4.78, 5) is 24.4. The summed E-state index contributed by atoms with van der Waals surface area (Å²) in [6, 6.07) is -0.636. The van der Waals surface area contributed by atoms with Gasteiger partial charge in [-0.2, -0.15) is 0 Å². The molecule has 0 spiro atoms. The Balaban J connectivity index is 3.49. The molecule has 0 aliphatic heterocycles. The molecular weight excluding hydrogens is 755 g/mol. The minimum atomic E-state index is -0.852. The van der Waals surface area contributed by atoms with Crippen LogP contribution in [0.4, 0.5) is 0 Å². The zero-order chi connectivity index (χ0) is 44.4. The first-order valence-corrected chi connectivity index (χ1v) is 27.1. The van der Waals surface area contributed by atoms with Crippen LogP contribution in [-0.2, 0) is 14.3 Å². The van der Waals surface area contributed by atoms with Gasteiger partial charge < -0.3 is 20.3 Å². The summed E-state index contributed by atoms with van der Waals surface area (Å²) in [5.74, 6) is -0.0916. The molecule has 6 heteroatoms. The number of allylic oxidation sites excluding steroid dienone is 3. The third-order valence-corrected chi connectivity index (χ3v) is 12.5. The van der Waals surface area contributed by atoms with Crippen LogP contribution in [-0.4, -0.2) is 47.4 Å². The van der Waals surface area contributed by atoms with Crippen molar-refractivity contribution >= 4 is 11.9 Å². The van der Waals surface area contributed by atoms with Gasteiger partial charge in [0.25, 0.3) is 0 Å². The molecule has 0 aromatic rings. The number of nitrogens with one attached hydrogen (secondary N) is 1. The predicted molar refractivity (Wildman–Crippen MR) is 264 cm³/mol. The van der Waals surface area contributed by atoms with E-state index in [2.05, 4.69) is 31.3 Å². The second-order valence-corrected chi connectivity index (χ2v) is 18.6. The Morgan fingerprint density at radius 1 is 0.443 bits per heavy atom. The van der Waals surface area contributed by atoms with E-state index < -0.39 is 12.1 Å². The summed E-state index contributed by atoms with van der Waals surface area (Å²) in [5, 5.41) is 23.1. The number of aliphatic hydroxyl groups excluding tert-OH is 2. The highest BCUT2D eigenvalue weighted by molar-refractivity contribution is 5.76. The molecule has 2 unspecified atom stereocenters. The van der Waals surface area contributed by atoms with Crippen molar-refractivity contribution in [2.75, 3.05) is 13.2 Å². The van der Waals surface area contributed by atoms with Gasteiger partial charge in [0, 0.05) is 12.8 Å². The summed E-state index contributed by atoms with van der Waals surface area (Å²) in [6.07, 6.45) is 60.4. The van der Waals surface area contributed by atoms with E-state index in [1.54, 1.807) is 6.08 Å². The van der Waals surface area contributed by atoms with E-state index in [-0.39, 0.29) is 18.5 Å². The summed E-state index contributed by atoms with van der Waals surface area (Å²) in [6.45, 7) is 4.85. The van der Waals surface area contributed by atoms with E-state index in [1.807, 2.05) is 6.08 Å². The minimum absolute atomic E-state index is 0.0144. The first-order chi connectivity index (χ1) is 30.0. The molecule has 0 radical (unpaired) electrons. The highest BCUT2D eigenvalue weighted by atomic mass is 16.5. The quantitative estimate of drug-likeness (QED) is 0.0322. The Morgan fingerprint density at radius 2 is 0.787 bits per heavy atom. The molecule has 0 heterocycles. The number of aliphatic hydroxyl groups is 2. The summed E-state index contributed by atoms with van der Waals surface area (Å²) >= 11 is 0. The van der Waals surface area contributed by atoms with Crippen molar-refractivity contribution in [2.45, 2.75) is 302 Å². The van der Waals surface area contributed by atoms with Crippen molar-refractivity contribution in [3.63, 3.8) is 0 Å². The molecule has 3 N–H and O–H groups in total. The van der Waals surface area contributed by atoms with Crippen molar-refractivity contribution in [2.24, 2.45) is 0 Å². The first kappa shape index (κ1) is 59.3. The van der Waals surface area contributed by atoms with Crippen molar-refractivity contribution < 1.29 is 24.5 Å². The van der Waals surface area contributed by atoms with E-state index in [1.165, 1.54) is 205 Å². The second kappa shape index (κ2) is 51.0. The number of carbonyl (C=O) groups excluding carboxylic acids is 2.